The Morgan fingerprint density at radius 1 is 1.25 bits per heavy atom. The average Bonchev–Trinajstić information content (AvgIpc) is 2.67. The molecule has 0 aliphatic rings. The topological polar surface area (TPSA) is 28.7 Å². The molecule has 0 aliphatic carbocycles. The molecule has 0 bridgehead atoms. The number of alkyl halides is 3. The maximum Gasteiger partial charge on any atom is 2.00 e. The molecule has 0 saturated heterocycles. The van der Waals surface area contributed by atoms with Crippen LogP contribution in [0, 0.1) is 6.07 Å². The first-order valence-corrected chi connectivity index (χ1v) is 4.16. The van der Waals surface area contributed by atoms with Gasteiger partial charge in [0.1, 0.15) is 11.5 Å². The summed E-state index contributed by atoms with van der Waals surface area (Å²) in [4.78, 5) is 5.88. The molecule has 0 atom stereocenters. The zero-order valence-corrected chi connectivity index (χ0v) is 8.17. The van der Waals surface area contributed by atoms with Gasteiger partial charge in [0.05, 0.1) is 6.20 Å². The van der Waals surface area contributed by atoms with Crippen LogP contribution in [0.25, 0.3) is 11.4 Å². The van der Waals surface area contributed by atoms with Gasteiger partial charge < -0.3 is 6.41 Å². The molecule has 1 aromatic carbocycles. The summed E-state index contributed by atoms with van der Waals surface area (Å²) in [6.07, 6.45) is -3.60. The summed E-state index contributed by atoms with van der Waals surface area (Å²) in [5, 5.41) is 0. The van der Waals surface area contributed by atoms with E-state index in [4.69, 9.17) is 0 Å². The van der Waals surface area contributed by atoms with Gasteiger partial charge in [0.2, 0.25) is 0 Å². The molecule has 1 N–H and O–H groups in total. The summed E-state index contributed by atoms with van der Waals surface area (Å²) < 4.78 is 36.7. The van der Waals surface area contributed by atoms with Gasteiger partial charge in [-0.2, -0.15) is 43.5 Å². The second-order valence-corrected chi connectivity index (χ2v) is 2.93. The maximum absolute atomic E-state index is 12.2. The minimum absolute atomic E-state index is 0. The zero-order valence-electron chi connectivity index (χ0n) is 9.17. The standard InChI is InChI=1S/C10H6F3N2.Be.H/c11-10(12,13)8-6-14-9(15-8)7-4-2-1-3-5-7;;/h2-6H,(H,14,15);;/q-1;+2;-1. The SMILES string of the molecule is FC(F)(F)c1cnc(-c2cc[c-]cc2)[nH]1.[Be+2].[H-]. The van der Waals surface area contributed by atoms with Crippen molar-refractivity contribution in [2.75, 3.05) is 0 Å². The van der Waals surface area contributed by atoms with Gasteiger partial charge in [-0.3, -0.25) is 0 Å². The molecule has 2 aromatic rings. The molecule has 2 nitrogen and oxygen atoms in total. The Hall–Kier alpha value is -1.61. The summed E-state index contributed by atoms with van der Waals surface area (Å²) in [5.74, 6) is 0.205. The van der Waals surface area contributed by atoms with Crippen LogP contribution in [0.5, 0.6) is 0 Å². The molecule has 0 unspecified atom stereocenters. The van der Waals surface area contributed by atoms with E-state index >= 15 is 0 Å². The number of nitrogens with one attached hydrogen (secondary N) is 1. The number of aromatic amines is 1. The number of hydrogen-bond acceptors (Lipinski definition) is 1. The van der Waals surface area contributed by atoms with E-state index in [-0.39, 0.29) is 17.4 Å². The number of H-pyrrole nitrogens is 1. The zero-order chi connectivity index (χ0) is 10.9. The van der Waals surface area contributed by atoms with Gasteiger partial charge in [-0.15, -0.1) is 0 Å². The first-order valence-electron chi connectivity index (χ1n) is 4.16. The van der Waals surface area contributed by atoms with Crippen LogP contribution in [-0.2, 0) is 6.18 Å². The predicted molar refractivity (Wildman–Crippen MR) is 54.7 cm³/mol. The van der Waals surface area contributed by atoms with E-state index in [1.807, 2.05) is 0 Å². The van der Waals surface area contributed by atoms with Crippen molar-refractivity contribution in [1.29, 1.82) is 0 Å². The van der Waals surface area contributed by atoms with Gasteiger partial charge in [-0.25, -0.2) is 4.98 Å². The Morgan fingerprint density at radius 3 is 2.38 bits per heavy atom. The Kier molecular flexibility index (Phi) is 3.50. The molecule has 2 rings (SSSR count). The van der Waals surface area contributed by atoms with E-state index in [9.17, 15) is 13.2 Å². The van der Waals surface area contributed by atoms with E-state index in [2.05, 4.69) is 16.0 Å². The van der Waals surface area contributed by atoms with Crippen LogP contribution >= 0.6 is 0 Å². The molecule has 16 heavy (non-hydrogen) atoms. The summed E-state index contributed by atoms with van der Waals surface area (Å²) in [7, 11) is 0. The molecule has 0 aliphatic heterocycles. The molecule has 0 spiro atoms. The monoisotopic (exact) mass is 221 g/mol. The van der Waals surface area contributed by atoms with Gasteiger partial charge >= 0.3 is 16.3 Å². The van der Waals surface area contributed by atoms with Crippen molar-refractivity contribution in [3.05, 3.63) is 42.2 Å². The van der Waals surface area contributed by atoms with Gasteiger partial charge in [0.15, 0.2) is 0 Å². The average molecular weight is 221 g/mol. The minimum Gasteiger partial charge on any atom is -1.00 e. The van der Waals surface area contributed by atoms with Crippen molar-refractivity contribution >= 4 is 10.1 Å². The quantitative estimate of drug-likeness (QED) is 0.582. The van der Waals surface area contributed by atoms with Gasteiger partial charge in [-0.1, -0.05) is 5.56 Å². The van der Waals surface area contributed by atoms with Crippen LogP contribution in [0.4, 0.5) is 13.2 Å². The molecule has 80 valence electrons. The second-order valence-electron chi connectivity index (χ2n) is 2.93. The van der Waals surface area contributed by atoms with Gasteiger partial charge in [0, 0.05) is 0 Å². The van der Waals surface area contributed by atoms with Gasteiger partial charge in [-0.05, 0) is 0 Å². The second kappa shape index (κ2) is 4.49. The molecule has 0 radical (unpaired) electrons. The fourth-order valence-electron chi connectivity index (χ4n) is 1.16. The fourth-order valence-corrected chi connectivity index (χ4v) is 1.16. The number of imidazole rings is 1. The predicted octanol–water partition coefficient (Wildman–Crippen LogP) is 2.63. The summed E-state index contributed by atoms with van der Waals surface area (Å²) in [6, 6.07) is 9.28. The third-order valence-corrected chi connectivity index (χ3v) is 1.87. The van der Waals surface area contributed by atoms with E-state index in [1.54, 1.807) is 24.3 Å². The Labute approximate surface area is 95.2 Å². The van der Waals surface area contributed by atoms with Crippen LogP contribution in [0.15, 0.2) is 30.5 Å². The van der Waals surface area contributed by atoms with Crippen molar-refractivity contribution < 1.29 is 14.6 Å². The summed E-state index contributed by atoms with van der Waals surface area (Å²) in [6.45, 7) is 0. The van der Waals surface area contributed by atoms with Crippen molar-refractivity contribution in [2.24, 2.45) is 0 Å². The third-order valence-electron chi connectivity index (χ3n) is 1.87. The molecule has 1 aromatic heterocycles. The van der Waals surface area contributed by atoms with E-state index in [1.165, 1.54) is 0 Å². The smallest absolute Gasteiger partial charge is 1.00 e. The molecule has 0 amide bonds. The number of nitrogens with zero attached hydrogens (tertiary/aromatic N) is 1. The van der Waals surface area contributed by atoms with Crippen LogP contribution in [0.2, 0.25) is 0 Å². The first kappa shape index (κ1) is 12.5. The number of halogens is 3. The Morgan fingerprint density at radius 2 is 1.88 bits per heavy atom. The van der Waals surface area contributed by atoms with Crippen LogP contribution < -0.4 is 0 Å². The van der Waals surface area contributed by atoms with Crippen molar-refractivity contribution in [1.82, 2.24) is 9.97 Å². The normalized spacial score (nSPS) is 10.9. The van der Waals surface area contributed by atoms with Crippen LogP contribution in [-0.4, -0.2) is 20.1 Å². The number of hydrogen-bond donors (Lipinski definition) is 1. The van der Waals surface area contributed by atoms with Crippen molar-refractivity contribution in [3.8, 4) is 11.4 Å². The molecule has 0 fully saturated rings. The number of rotatable bonds is 1. The molecule has 0 saturated carbocycles. The number of aromatic nitrogens is 2. The maximum atomic E-state index is 12.2. The molecular weight excluding hydrogens is 214 g/mol. The molecule has 1 heterocycles. The fraction of sp³-hybridized carbons (Fsp3) is 0.100. The first-order chi connectivity index (χ1) is 7.07. The van der Waals surface area contributed by atoms with Crippen LogP contribution in [0.1, 0.15) is 7.12 Å². The van der Waals surface area contributed by atoms with E-state index in [0.717, 1.165) is 6.20 Å². The van der Waals surface area contributed by atoms with Crippen molar-refractivity contribution in [3.63, 3.8) is 0 Å². The molecular formula is C10H7BeF3N2. The summed E-state index contributed by atoms with van der Waals surface area (Å²) >= 11 is 0. The van der Waals surface area contributed by atoms with Crippen LogP contribution in [0.3, 0.4) is 0 Å². The van der Waals surface area contributed by atoms with Crippen molar-refractivity contribution in [2.45, 2.75) is 6.18 Å². The third kappa shape index (κ3) is 2.49. The van der Waals surface area contributed by atoms with E-state index in [0.29, 0.717) is 5.56 Å². The Balaban J connectivity index is 0.00000128. The largest absolute Gasteiger partial charge is 2.00 e. The van der Waals surface area contributed by atoms with E-state index < -0.39 is 11.9 Å². The summed E-state index contributed by atoms with van der Waals surface area (Å²) in [5.41, 5.74) is -0.241. The minimum atomic E-state index is -4.38. The molecule has 6 heteroatoms. The van der Waals surface area contributed by atoms with Gasteiger partial charge in [0.25, 0.3) is 0 Å². The Bertz CT molecular complexity index is 456. The number of benzene rings is 1.